The Balaban J connectivity index is 2.11. The van der Waals surface area contributed by atoms with Crippen LogP contribution in [0.3, 0.4) is 0 Å². The minimum Gasteiger partial charge on any atom is -0.381 e. The average molecular weight is 274 g/mol. The van der Waals surface area contributed by atoms with Crippen molar-refractivity contribution in [1.82, 2.24) is 19.5 Å². The van der Waals surface area contributed by atoms with Crippen molar-refractivity contribution >= 4 is 23.2 Å². The molecule has 7 heteroatoms. The maximum absolute atomic E-state index is 12.2. The Hall–Kier alpha value is -2.31. The molecular formula is C13H18N6O. The number of hydrogen-bond acceptors (Lipinski definition) is 5. The zero-order chi connectivity index (χ0) is 14.3. The van der Waals surface area contributed by atoms with Gasteiger partial charge in [0.05, 0.1) is 0 Å². The molecule has 7 nitrogen and oxygen atoms in total. The second-order valence-electron chi connectivity index (χ2n) is 5.21. The Morgan fingerprint density at radius 3 is 2.70 bits per heavy atom. The van der Waals surface area contributed by atoms with Gasteiger partial charge in [-0.15, -0.1) is 5.10 Å². The number of anilines is 2. The van der Waals surface area contributed by atoms with Crippen LogP contribution in [0.4, 0.5) is 11.6 Å². The number of nitrogen functional groups attached to an aromatic ring is 1. The molecule has 1 amide bonds. The maximum Gasteiger partial charge on any atom is 0.261 e. The van der Waals surface area contributed by atoms with Crippen molar-refractivity contribution in [3.63, 3.8) is 0 Å². The molecule has 20 heavy (non-hydrogen) atoms. The first-order valence-electron chi connectivity index (χ1n) is 6.69. The lowest BCUT2D eigenvalue weighted by molar-refractivity contribution is 0.0830. The highest BCUT2D eigenvalue weighted by molar-refractivity contribution is 6.04. The van der Waals surface area contributed by atoms with Gasteiger partial charge >= 0.3 is 0 Å². The van der Waals surface area contributed by atoms with Crippen LogP contribution >= 0.6 is 0 Å². The predicted molar refractivity (Wildman–Crippen MR) is 76.9 cm³/mol. The number of amides is 1. The third-order valence-electron chi connectivity index (χ3n) is 3.55. The van der Waals surface area contributed by atoms with Crippen LogP contribution in [0.15, 0.2) is 12.3 Å². The van der Waals surface area contributed by atoms with Crippen molar-refractivity contribution in [2.75, 3.05) is 37.8 Å². The molecule has 3 rings (SSSR count). The van der Waals surface area contributed by atoms with Gasteiger partial charge in [-0.05, 0) is 18.9 Å². The summed E-state index contributed by atoms with van der Waals surface area (Å²) in [5.74, 6) is 0.918. The fourth-order valence-corrected chi connectivity index (χ4v) is 2.49. The highest BCUT2D eigenvalue weighted by Crippen LogP contribution is 2.22. The number of carbonyl (C=O) groups is 1. The summed E-state index contributed by atoms with van der Waals surface area (Å²) in [7, 11) is 3.38. The maximum atomic E-state index is 12.2. The number of hydrogen-bond donors (Lipinski definition) is 1. The van der Waals surface area contributed by atoms with Gasteiger partial charge < -0.3 is 15.5 Å². The van der Waals surface area contributed by atoms with Gasteiger partial charge in [-0.3, -0.25) is 4.79 Å². The van der Waals surface area contributed by atoms with E-state index in [1.165, 1.54) is 17.7 Å². The lowest BCUT2D eigenvalue weighted by atomic mass is 10.3. The third-order valence-corrected chi connectivity index (χ3v) is 3.55. The summed E-state index contributed by atoms with van der Waals surface area (Å²) < 4.78 is 1.56. The average Bonchev–Trinajstić information content (AvgIpc) is 3.03. The quantitative estimate of drug-likeness (QED) is 0.868. The molecule has 2 aromatic heterocycles. The fraction of sp³-hybridized carbons (Fsp3) is 0.462. The number of nitrogens with zero attached hydrogens (tertiary/aromatic N) is 5. The van der Waals surface area contributed by atoms with Crippen molar-refractivity contribution < 1.29 is 4.79 Å². The molecule has 1 aliphatic rings. The van der Waals surface area contributed by atoms with Crippen molar-refractivity contribution in [3.05, 3.63) is 17.8 Å². The predicted octanol–water partition coefficient (Wildman–Crippen LogP) is 0.613. The summed E-state index contributed by atoms with van der Waals surface area (Å²) in [5.41, 5.74) is 6.75. The van der Waals surface area contributed by atoms with E-state index in [1.54, 1.807) is 24.8 Å². The molecule has 0 aromatic carbocycles. The van der Waals surface area contributed by atoms with Crippen LogP contribution in [-0.2, 0) is 0 Å². The largest absolute Gasteiger partial charge is 0.381 e. The molecule has 2 aromatic rings. The summed E-state index contributed by atoms with van der Waals surface area (Å²) in [6.07, 6.45) is 4.16. The summed E-state index contributed by atoms with van der Waals surface area (Å²) in [6.45, 7) is 2.01. The van der Waals surface area contributed by atoms with E-state index in [0.717, 1.165) is 18.9 Å². The van der Waals surface area contributed by atoms with Gasteiger partial charge in [-0.2, -0.15) is 0 Å². The zero-order valence-electron chi connectivity index (χ0n) is 11.7. The van der Waals surface area contributed by atoms with E-state index in [-0.39, 0.29) is 11.7 Å². The first-order valence-corrected chi connectivity index (χ1v) is 6.69. The van der Waals surface area contributed by atoms with E-state index in [2.05, 4.69) is 15.0 Å². The van der Waals surface area contributed by atoms with Crippen LogP contribution in [0.5, 0.6) is 0 Å². The first-order chi connectivity index (χ1) is 9.58. The van der Waals surface area contributed by atoms with Crippen molar-refractivity contribution in [3.8, 4) is 0 Å². The lowest BCUT2D eigenvalue weighted by Gasteiger charge is -2.16. The third kappa shape index (κ3) is 1.95. The number of carbonyl (C=O) groups excluding carboxylic acids is 1. The molecule has 0 saturated carbocycles. The van der Waals surface area contributed by atoms with Crippen LogP contribution in [-0.4, -0.2) is 52.6 Å². The standard InChI is InChI=1S/C13H18N6O/c1-17(2)13(20)10-11(14)16-19-8-5-9(15-12(10)19)18-6-3-4-7-18/h5,8H,3-4,6-7H2,1-2H3,(H2,14,16). The number of nitrogens with two attached hydrogens (primary N) is 1. The van der Waals surface area contributed by atoms with E-state index >= 15 is 0 Å². The van der Waals surface area contributed by atoms with Gasteiger partial charge in [-0.25, -0.2) is 9.50 Å². The topological polar surface area (TPSA) is 79.8 Å². The number of rotatable bonds is 2. The van der Waals surface area contributed by atoms with Crippen LogP contribution in [0.1, 0.15) is 23.2 Å². The van der Waals surface area contributed by atoms with E-state index in [1.807, 2.05) is 6.07 Å². The Morgan fingerprint density at radius 2 is 2.05 bits per heavy atom. The van der Waals surface area contributed by atoms with Gasteiger partial charge in [0.15, 0.2) is 11.5 Å². The molecule has 1 aliphatic heterocycles. The molecule has 106 valence electrons. The number of fused-ring (bicyclic) bond motifs is 1. The van der Waals surface area contributed by atoms with Gasteiger partial charge in [-0.1, -0.05) is 0 Å². The van der Waals surface area contributed by atoms with Gasteiger partial charge in [0.1, 0.15) is 11.4 Å². The smallest absolute Gasteiger partial charge is 0.261 e. The highest BCUT2D eigenvalue weighted by Gasteiger charge is 2.22. The second-order valence-corrected chi connectivity index (χ2v) is 5.21. The molecule has 0 aliphatic carbocycles. The lowest BCUT2D eigenvalue weighted by Crippen LogP contribution is -2.23. The second kappa shape index (κ2) is 4.66. The molecule has 2 N–H and O–H groups in total. The van der Waals surface area contributed by atoms with Crippen molar-refractivity contribution in [2.24, 2.45) is 0 Å². The summed E-state index contributed by atoms with van der Waals surface area (Å²) in [5, 5.41) is 4.15. The molecule has 0 spiro atoms. The van der Waals surface area contributed by atoms with Crippen LogP contribution in [0.2, 0.25) is 0 Å². The molecular weight excluding hydrogens is 256 g/mol. The monoisotopic (exact) mass is 274 g/mol. The van der Waals surface area contributed by atoms with E-state index in [0.29, 0.717) is 11.2 Å². The summed E-state index contributed by atoms with van der Waals surface area (Å²) >= 11 is 0. The van der Waals surface area contributed by atoms with Crippen molar-refractivity contribution in [2.45, 2.75) is 12.8 Å². The van der Waals surface area contributed by atoms with Crippen LogP contribution in [0.25, 0.3) is 5.65 Å². The Morgan fingerprint density at radius 1 is 1.35 bits per heavy atom. The molecule has 0 unspecified atom stereocenters. The molecule has 1 saturated heterocycles. The summed E-state index contributed by atoms with van der Waals surface area (Å²) in [6, 6.07) is 1.91. The van der Waals surface area contributed by atoms with Gasteiger partial charge in [0.2, 0.25) is 0 Å². The fourth-order valence-electron chi connectivity index (χ4n) is 2.49. The molecule has 0 radical (unpaired) electrons. The molecule has 3 heterocycles. The minimum atomic E-state index is -0.177. The van der Waals surface area contributed by atoms with E-state index in [4.69, 9.17) is 5.73 Å². The first kappa shape index (κ1) is 12.7. The highest BCUT2D eigenvalue weighted by atomic mass is 16.2. The van der Waals surface area contributed by atoms with Gasteiger partial charge in [0, 0.05) is 33.4 Å². The zero-order valence-corrected chi connectivity index (χ0v) is 11.7. The summed E-state index contributed by atoms with van der Waals surface area (Å²) in [4.78, 5) is 20.5. The molecule has 0 atom stereocenters. The van der Waals surface area contributed by atoms with E-state index in [9.17, 15) is 4.79 Å². The Bertz CT molecular complexity index is 656. The Labute approximate surface area is 117 Å². The normalized spacial score (nSPS) is 15.0. The number of aromatic nitrogens is 3. The van der Waals surface area contributed by atoms with E-state index < -0.39 is 0 Å². The van der Waals surface area contributed by atoms with Crippen molar-refractivity contribution in [1.29, 1.82) is 0 Å². The van der Waals surface area contributed by atoms with Gasteiger partial charge in [0.25, 0.3) is 5.91 Å². The molecule has 0 bridgehead atoms. The van der Waals surface area contributed by atoms with Crippen LogP contribution < -0.4 is 10.6 Å². The van der Waals surface area contributed by atoms with Crippen LogP contribution in [0, 0.1) is 0 Å². The SMILES string of the molecule is CN(C)C(=O)c1c(N)nn2ccc(N3CCCC3)nc12. The molecule has 1 fully saturated rings. The minimum absolute atomic E-state index is 0.177. The Kier molecular flexibility index (Phi) is 2.96.